The maximum atomic E-state index is 6.06. The molecule has 2 aromatic rings. The van der Waals surface area contributed by atoms with Gasteiger partial charge in [-0.2, -0.15) is 11.8 Å². The van der Waals surface area contributed by atoms with Crippen LogP contribution >= 0.6 is 35.7 Å². The smallest absolute Gasteiger partial charge is 0.193 e. The summed E-state index contributed by atoms with van der Waals surface area (Å²) in [6, 6.07) is 14.1. The van der Waals surface area contributed by atoms with Crippen molar-refractivity contribution in [3.63, 3.8) is 0 Å². The minimum Gasteiger partial charge on any atom is -0.493 e. The minimum atomic E-state index is 0. The van der Waals surface area contributed by atoms with Crippen molar-refractivity contribution in [1.29, 1.82) is 0 Å². The summed E-state index contributed by atoms with van der Waals surface area (Å²) in [6.07, 6.45) is 1.13. The number of ether oxygens (including phenoxy) is 2. The SMILES string of the molecule is COc1ccc(NC(N)=NCC2SCCc3ccccc32)cc1OC.I. The van der Waals surface area contributed by atoms with Gasteiger partial charge in [-0.25, -0.2) is 0 Å². The van der Waals surface area contributed by atoms with Crippen LogP contribution in [-0.2, 0) is 6.42 Å². The number of benzene rings is 2. The predicted molar refractivity (Wildman–Crippen MR) is 120 cm³/mol. The third-order valence-corrected chi connectivity index (χ3v) is 5.42. The molecule has 1 aliphatic rings. The molecule has 1 aliphatic heterocycles. The maximum absolute atomic E-state index is 6.06. The third kappa shape index (κ3) is 4.97. The Hall–Kier alpha value is -1.61. The molecule has 1 atom stereocenters. The molecule has 0 amide bonds. The maximum Gasteiger partial charge on any atom is 0.193 e. The van der Waals surface area contributed by atoms with E-state index < -0.39 is 0 Å². The Labute approximate surface area is 175 Å². The van der Waals surface area contributed by atoms with E-state index in [0.717, 1.165) is 17.9 Å². The highest BCUT2D eigenvalue weighted by Crippen LogP contribution is 2.36. The number of hydrogen-bond acceptors (Lipinski definition) is 4. The second kappa shape index (κ2) is 9.91. The van der Waals surface area contributed by atoms with E-state index in [-0.39, 0.29) is 24.0 Å². The van der Waals surface area contributed by atoms with Crippen LogP contribution in [0.1, 0.15) is 16.4 Å². The van der Waals surface area contributed by atoms with Gasteiger partial charge >= 0.3 is 0 Å². The Morgan fingerprint density at radius 3 is 2.73 bits per heavy atom. The topological polar surface area (TPSA) is 68.9 Å². The van der Waals surface area contributed by atoms with E-state index in [1.165, 1.54) is 11.1 Å². The second-order valence-corrected chi connectivity index (χ2v) is 7.04. The number of aliphatic imine (C=N–C) groups is 1. The molecule has 7 heteroatoms. The van der Waals surface area contributed by atoms with Gasteiger partial charge in [0.2, 0.25) is 0 Å². The van der Waals surface area contributed by atoms with E-state index in [4.69, 9.17) is 15.2 Å². The zero-order valence-corrected chi connectivity index (χ0v) is 18.0. The predicted octanol–water partition coefficient (Wildman–Crippen LogP) is 4.08. The second-order valence-electron chi connectivity index (χ2n) is 5.73. The first-order valence-corrected chi connectivity index (χ1v) is 9.24. The number of hydrogen-bond donors (Lipinski definition) is 2. The highest BCUT2D eigenvalue weighted by molar-refractivity contribution is 14.0. The minimum absolute atomic E-state index is 0. The molecular weight excluding hydrogens is 461 g/mol. The highest BCUT2D eigenvalue weighted by Gasteiger charge is 2.19. The summed E-state index contributed by atoms with van der Waals surface area (Å²) in [7, 11) is 3.22. The molecule has 0 aromatic heterocycles. The van der Waals surface area contributed by atoms with Crippen LogP contribution in [0.3, 0.4) is 0 Å². The molecular formula is C19H24IN3O2S. The standard InChI is InChI=1S/C19H23N3O2S.HI/c1-23-16-8-7-14(11-17(16)24-2)22-19(20)21-12-18-15-6-4-3-5-13(15)9-10-25-18;/h3-8,11,18H,9-10,12H2,1-2H3,(H3,20,21,22);1H. The summed E-state index contributed by atoms with van der Waals surface area (Å²) in [4.78, 5) is 4.53. The summed E-state index contributed by atoms with van der Waals surface area (Å²) < 4.78 is 10.5. The summed E-state index contributed by atoms with van der Waals surface area (Å²) in [6.45, 7) is 0.661. The Morgan fingerprint density at radius 1 is 1.19 bits per heavy atom. The lowest BCUT2D eigenvalue weighted by Gasteiger charge is -2.23. The van der Waals surface area contributed by atoms with Gasteiger partial charge in [-0.05, 0) is 35.4 Å². The molecule has 3 N–H and O–H groups in total. The van der Waals surface area contributed by atoms with E-state index in [1.54, 1.807) is 14.2 Å². The number of methoxy groups -OCH3 is 2. The van der Waals surface area contributed by atoms with Gasteiger partial charge in [-0.15, -0.1) is 24.0 Å². The van der Waals surface area contributed by atoms with E-state index in [0.29, 0.717) is 29.3 Å². The van der Waals surface area contributed by atoms with Crippen molar-refractivity contribution < 1.29 is 9.47 Å². The van der Waals surface area contributed by atoms with Gasteiger partial charge in [0, 0.05) is 17.0 Å². The Bertz CT molecular complexity index is 770. The molecule has 0 aliphatic carbocycles. The summed E-state index contributed by atoms with van der Waals surface area (Å²) in [5.74, 6) is 2.85. The zero-order valence-electron chi connectivity index (χ0n) is 14.9. The van der Waals surface area contributed by atoms with E-state index in [2.05, 4.69) is 34.6 Å². The molecule has 140 valence electrons. The fourth-order valence-electron chi connectivity index (χ4n) is 2.91. The average molecular weight is 485 g/mol. The van der Waals surface area contributed by atoms with Crippen LogP contribution in [0.4, 0.5) is 5.69 Å². The fraction of sp³-hybridized carbons (Fsp3) is 0.316. The molecule has 0 saturated carbocycles. The summed E-state index contributed by atoms with van der Waals surface area (Å²) >= 11 is 1.94. The van der Waals surface area contributed by atoms with Crippen molar-refractivity contribution in [2.75, 3.05) is 31.8 Å². The van der Waals surface area contributed by atoms with Gasteiger partial charge in [0.1, 0.15) is 0 Å². The lowest BCUT2D eigenvalue weighted by Crippen LogP contribution is -2.24. The number of fused-ring (bicyclic) bond motifs is 1. The van der Waals surface area contributed by atoms with Crippen molar-refractivity contribution in [3.05, 3.63) is 53.6 Å². The van der Waals surface area contributed by atoms with Crippen molar-refractivity contribution in [1.82, 2.24) is 0 Å². The van der Waals surface area contributed by atoms with Gasteiger partial charge in [-0.1, -0.05) is 24.3 Å². The number of guanidine groups is 1. The molecule has 26 heavy (non-hydrogen) atoms. The van der Waals surface area contributed by atoms with Gasteiger partial charge in [0.25, 0.3) is 0 Å². The van der Waals surface area contributed by atoms with E-state index in [1.807, 2.05) is 30.0 Å². The van der Waals surface area contributed by atoms with Crippen LogP contribution in [0.25, 0.3) is 0 Å². The number of nitrogens with two attached hydrogens (primary N) is 1. The largest absolute Gasteiger partial charge is 0.493 e. The molecule has 0 fully saturated rings. The number of rotatable bonds is 5. The van der Waals surface area contributed by atoms with Crippen molar-refractivity contribution >= 4 is 47.4 Å². The average Bonchev–Trinajstić information content (AvgIpc) is 2.66. The molecule has 0 radical (unpaired) electrons. The number of halogens is 1. The van der Waals surface area contributed by atoms with Crippen LogP contribution in [0.2, 0.25) is 0 Å². The third-order valence-electron chi connectivity index (χ3n) is 4.18. The first kappa shape index (κ1) is 20.7. The molecule has 0 spiro atoms. The molecule has 0 bridgehead atoms. The Morgan fingerprint density at radius 2 is 1.96 bits per heavy atom. The Balaban J connectivity index is 0.00000243. The lowest BCUT2D eigenvalue weighted by molar-refractivity contribution is 0.355. The lowest BCUT2D eigenvalue weighted by atomic mass is 10.0. The van der Waals surface area contributed by atoms with Crippen LogP contribution in [0, 0.1) is 0 Å². The quantitative estimate of drug-likeness (QED) is 0.380. The van der Waals surface area contributed by atoms with E-state index in [9.17, 15) is 0 Å². The molecule has 0 saturated heterocycles. The zero-order chi connectivity index (χ0) is 17.6. The number of aryl methyl sites for hydroxylation is 1. The van der Waals surface area contributed by atoms with Gasteiger partial charge in [-0.3, -0.25) is 4.99 Å². The molecule has 2 aromatic carbocycles. The van der Waals surface area contributed by atoms with Gasteiger partial charge in [0.15, 0.2) is 17.5 Å². The van der Waals surface area contributed by atoms with Crippen LogP contribution in [-0.4, -0.2) is 32.5 Å². The number of anilines is 1. The van der Waals surface area contributed by atoms with Crippen molar-refractivity contribution in [3.8, 4) is 11.5 Å². The molecule has 1 heterocycles. The monoisotopic (exact) mass is 485 g/mol. The number of nitrogens with zero attached hydrogens (tertiary/aromatic N) is 1. The first-order chi connectivity index (χ1) is 12.2. The Kier molecular flexibility index (Phi) is 7.89. The summed E-state index contributed by atoms with van der Waals surface area (Å²) in [5, 5.41) is 3.47. The normalized spacial score (nSPS) is 16.2. The van der Waals surface area contributed by atoms with Gasteiger partial charge in [0.05, 0.1) is 20.8 Å². The molecule has 1 unspecified atom stereocenters. The highest BCUT2D eigenvalue weighted by atomic mass is 127. The van der Waals surface area contributed by atoms with Crippen LogP contribution in [0.15, 0.2) is 47.5 Å². The summed E-state index contributed by atoms with van der Waals surface area (Å²) in [5.41, 5.74) is 9.68. The van der Waals surface area contributed by atoms with Crippen molar-refractivity contribution in [2.24, 2.45) is 10.7 Å². The van der Waals surface area contributed by atoms with Crippen LogP contribution in [0.5, 0.6) is 11.5 Å². The number of thioether (sulfide) groups is 1. The number of nitrogens with one attached hydrogen (secondary N) is 1. The fourth-order valence-corrected chi connectivity index (χ4v) is 4.12. The molecule has 5 nitrogen and oxygen atoms in total. The van der Waals surface area contributed by atoms with Crippen molar-refractivity contribution in [2.45, 2.75) is 11.7 Å². The first-order valence-electron chi connectivity index (χ1n) is 8.19. The molecule has 3 rings (SSSR count). The van der Waals surface area contributed by atoms with Crippen LogP contribution < -0.4 is 20.5 Å². The van der Waals surface area contributed by atoms with E-state index >= 15 is 0 Å². The van der Waals surface area contributed by atoms with Gasteiger partial charge < -0.3 is 20.5 Å².